The lowest BCUT2D eigenvalue weighted by molar-refractivity contribution is 0.0470. The highest BCUT2D eigenvalue weighted by molar-refractivity contribution is 6.30. The summed E-state index contributed by atoms with van der Waals surface area (Å²) in [6, 6.07) is 8.68. The van der Waals surface area contributed by atoms with Gasteiger partial charge in [-0.15, -0.1) is 0 Å². The Balaban J connectivity index is 1.74. The van der Waals surface area contributed by atoms with Gasteiger partial charge in [0.05, 0.1) is 0 Å². The Morgan fingerprint density at radius 1 is 1.24 bits per heavy atom. The number of aromatic nitrogens is 1. The average molecular weight is 304 g/mol. The van der Waals surface area contributed by atoms with Crippen LogP contribution in [0.4, 0.5) is 0 Å². The summed E-state index contributed by atoms with van der Waals surface area (Å²) in [5.74, 6) is -0.596. The summed E-state index contributed by atoms with van der Waals surface area (Å²) < 4.78 is 5.19. The lowest BCUT2D eigenvalue weighted by atomic mass is 10.1. The van der Waals surface area contributed by atoms with Crippen molar-refractivity contribution >= 4 is 17.6 Å². The molecule has 0 spiro atoms. The van der Waals surface area contributed by atoms with Crippen molar-refractivity contribution in [2.24, 2.45) is 0 Å². The van der Waals surface area contributed by atoms with E-state index >= 15 is 0 Å². The van der Waals surface area contributed by atoms with Gasteiger partial charge < -0.3 is 9.72 Å². The van der Waals surface area contributed by atoms with Crippen LogP contribution in [0.2, 0.25) is 5.02 Å². The molecule has 1 heterocycles. The molecule has 1 N–H and O–H groups in total. The summed E-state index contributed by atoms with van der Waals surface area (Å²) in [5, 5.41) is 0.625. The Hall–Kier alpha value is -2.07. The van der Waals surface area contributed by atoms with Crippen LogP contribution in [0.3, 0.4) is 0 Å². The zero-order chi connectivity index (χ0) is 14.8. The van der Waals surface area contributed by atoms with Gasteiger partial charge in [0, 0.05) is 10.7 Å². The molecule has 0 saturated heterocycles. The molecule has 3 rings (SSSR count). The van der Waals surface area contributed by atoms with E-state index in [2.05, 4.69) is 4.98 Å². The first kappa shape index (κ1) is 13.9. The highest BCUT2D eigenvalue weighted by Crippen LogP contribution is 2.19. The number of aryl methyl sites for hydroxylation is 2. The molecular formula is C16H14ClNO3. The maximum atomic E-state index is 12.0. The number of fused-ring (bicyclic) bond motifs is 1. The van der Waals surface area contributed by atoms with Gasteiger partial charge in [0.2, 0.25) is 0 Å². The first-order valence-electron chi connectivity index (χ1n) is 6.80. The number of esters is 1. The van der Waals surface area contributed by atoms with E-state index in [0.29, 0.717) is 5.02 Å². The molecule has 0 unspecified atom stereocenters. The van der Waals surface area contributed by atoms with E-state index in [1.807, 2.05) is 0 Å². The van der Waals surface area contributed by atoms with Gasteiger partial charge in [0.1, 0.15) is 12.2 Å². The summed E-state index contributed by atoms with van der Waals surface area (Å²) in [7, 11) is 0. The van der Waals surface area contributed by atoms with E-state index in [9.17, 15) is 9.59 Å². The van der Waals surface area contributed by atoms with Crippen LogP contribution in [0.1, 0.15) is 33.6 Å². The third-order valence-electron chi connectivity index (χ3n) is 3.59. The molecular weight excluding hydrogens is 290 g/mol. The average Bonchev–Trinajstić information content (AvgIpc) is 2.92. The van der Waals surface area contributed by atoms with E-state index in [0.717, 1.165) is 36.1 Å². The van der Waals surface area contributed by atoms with Crippen LogP contribution in [-0.2, 0) is 24.2 Å². The fraction of sp³-hybridized carbons (Fsp3) is 0.250. The van der Waals surface area contributed by atoms with Crippen LogP contribution in [0.25, 0.3) is 0 Å². The summed E-state index contributed by atoms with van der Waals surface area (Å²) in [6.45, 7) is 0.118. The summed E-state index contributed by atoms with van der Waals surface area (Å²) in [5.41, 5.74) is 2.49. The second-order valence-corrected chi connectivity index (χ2v) is 5.51. The smallest absolute Gasteiger partial charge is 0.344 e. The van der Waals surface area contributed by atoms with E-state index in [-0.39, 0.29) is 17.7 Å². The molecule has 2 aromatic rings. The number of benzene rings is 1. The van der Waals surface area contributed by atoms with Gasteiger partial charge in [-0.3, -0.25) is 4.79 Å². The van der Waals surface area contributed by atoms with Gasteiger partial charge in [0.15, 0.2) is 0 Å². The number of carbonyl (C=O) groups is 1. The SMILES string of the molecule is O=C(OCc1ccc(Cl)cc1)c1cc2c([nH]c1=O)CCC2. The van der Waals surface area contributed by atoms with Crippen LogP contribution in [0.5, 0.6) is 0 Å². The first-order valence-corrected chi connectivity index (χ1v) is 7.18. The summed E-state index contributed by atoms with van der Waals surface area (Å²) in [6.07, 6.45) is 2.77. The number of pyridine rings is 1. The number of ether oxygens (including phenoxy) is 1. The quantitative estimate of drug-likeness (QED) is 0.887. The van der Waals surface area contributed by atoms with Gasteiger partial charge >= 0.3 is 5.97 Å². The number of hydrogen-bond acceptors (Lipinski definition) is 3. The fourth-order valence-electron chi connectivity index (χ4n) is 2.47. The minimum atomic E-state index is -0.596. The van der Waals surface area contributed by atoms with Crippen molar-refractivity contribution in [3.63, 3.8) is 0 Å². The molecule has 1 aliphatic carbocycles. The monoisotopic (exact) mass is 303 g/mol. The molecule has 0 fully saturated rings. The normalized spacial score (nSPS) is 13.0. The van der Waals surface area contributed by atoms with Crippen molar-refractivity contribution in [3.8, 4) is 0 Å². The van der Waals surface area contributed by atoms with E-state index < -0.39 is 5.97 Å². The Morgan fingerprint density at radius 2 is 2.00 bits per heavy atom. The van der Waals surface area contributed by atoms with E-state index in [1.54, 1.807) is 30.3 Å². The highest BCUT2D eigenvalue weighted by atomic mass is 35.5. The van der Waals surface area contributed by atoms with Crippen molar-refractivity contribution in [1.29, 1.82) is 0 Å². The van der Waals surface area contributed by atoms with Crippen LogP contribution in [-0.4, -0.2) is 11.0 Å². The van der Waals surface area contributed by atoms with Gasteiger partial charge in [-0.1, -0.05) is 23.7 Å². The minimum Gasteiger partial charge on any atom is -0.457 e. The molecule has 0 saturated carbocycles. The lowest BCUT2D eigenvalue weighted by Gasteiger charge is -2.06. The molecule has 0 atom stereocenters. The molecule has 0 aliphatic heterocycles. The van der Waals surface area contributed by atoms with Crippen LogP contribution in [0, 0.1) is 0 Å². The van der Waals surface area contributed by atoms with Crippen molar-refractivity contribution in [1.82, 2.24) is 4.98 Å². The fourth-order valence-corrected chi connectivity index (χ4v) is 2.60. The molecule has 0 bridgehead atoms. The third-order valence-corrected chi connectivity index (χ3v) is 3.84. The van der Waals surface area contributed by atoms with Crippen LogP contribution < -0.4 is 5.56 Å². The lowest BCUT2D eigenvalue weighted by Crippen LogP contribution is -2.21. The largest absolute Gasteiger partial charge is 0.457 e. The van der Waals surface area contributed by atoms with Crippen molar-refractivity contribution in [3.05, 3.63) is 68.1 Å². The molecule has 1 aromatic carbocycles. The predicted molar refractivity (Wildman–Crippen MR) is 79.7 cm³/mol. The maximum absolute atomic E-state index is 12.0. The Labute approximate surface area is 126 Å². The third kappa shape index (κ3) is 3.00. The van der Waals surface area contributed by atoms with Crippen molar-refractivity contribution < 1.29 is 9.53 Å². The number of carbonyl (C=O) groups excluding carboxylic acids is 1. The number of halogens is 1. The molecule has 1 aromatic heterocycles. The van der Waals surface area contributed by atoms with Gasteiger partial charge in [-0.05, 0) is 48.6 Å². The predicted octanol–water partition coefficient (Wildman–Crippen LogP) is 2.87. The van der Waals surface area contributed by atoms with Crippen molar-refractivity contribution in [2.45, 2.75) is 25.9 Å². The standard InChI is InChI=1S/C16H14ClNO3/c17-12-6-4-10(5-7-12)9-21-16(20)13-8-11-2-1-3-14(11)18-15(13)19/h4-8H,1-3,9H2,(H,18,19). The summed E-state index contributed by atoms with van der Waals surface area (Å²) in [4.78, 5) is 26.7. The topological polar surface area (TPSA) is 59.2 Å². The molecule has 0 radical (unpaired) electrons. The molecule has 108 valence electrons. The number of aromatic amines is 1. The van der Waals surface area contributed by atoms with Crippen LogP contribution >= 0.6 is 11.6 Å². The molecule has 21 heavy (non-hydrogen) atoms. The number of rotatable bonds is 3. The van der Waals surface area contributed by atoms with Crippen LogP contribution in [0.15, 0.2) is 35.1 Å². The maximum Gasteiger partial charge on any atom is 0.344 e. The molecule has 4 nitrogen and oxygen atoms in total. The Morgan fingerprint density at radius 3 is 2.76 bits per heavy atom. The highest BCUT2D eigenvalue weighted by Gasteiger charge is 2.18. The van der Waals surface area contributed by atoms with E-state index in [4.69, 9.17) is 16.3 Å². The van der Waals surface area contributed by atoms with Gasteiger partial charge in [0.25, 0.3) is 5.56 Å². The van der Waals surface area contributed by atoms with Gasteiger partial charge in [-0.2, -0.15) is 0 Å². The minimum absolute atomic E-state index is 0.0737. The van der Waals surface area contributed by atoms with Gasteiger partial charge in [-0.25, -0.2) is 4.79 Å². The van der Waals surface area contributed by atoms with E-state index in [1.165, 1.54) is 0 Å². The zero-order valence-corrected chi connectivity index (χ0v) is 12.1. The van der Waals surface area contributed by atoms with Crippen molar-refractivity contribution in [2.75, 3.05) is 0 Å². The molecule has 0 amide bonds. The Bertz CT molecular complexity index is 734. The summed E-state index contributed by atoms with van der Waals surface area (Å²) >= 11 is 5.79. The second-order valence-electron chi connectivity index (χ2n) is 5.07. The molecule has 5 heteroatoms. The number of H-pyrrole nitrogens is 1. The molecule has 1 aliphatic rings. The Kier molecular flexibility index (Phi) is 3.80. The first-order chi connectivity index (χ1) is 10.1. The number of hydrogen-bond donors (Lipinski definition) is 1. The zero-order valence-electron chi connectivity index (χ0n) is 11.3. The number of nitrogens with one attached hydrogen (secondary N) is 1. The second kappa shape index (κ2) is 5.74.